The highest BCUT2D eigenvalue weighted by Crippen LogP contribution is 2.35. The molecule has 0 saturated carbocycles. The first-order valence-electron chi connectivity index (χ1n) is 7.23. The molecular weight excluding hydrogens is 301 g/mol. The summed E-state index contributed by atoms with van der Waals surface area (Å²) in [5, 5.41) is 3.56. The van der Waals surface area contributed by atoms with Gasteiger partial charge in [0.25, 0.3) is 0 Å². The Morgan fingerprint density at radius 2 is 1.95 bits per heavy atom. The predicted octanol–water partition coefficient (Wildman–Crippen LogP) is 4.33. The highest BCUT2D eigenvalue weighted by molar-refractivity contribution is 6.31. The first-order chi connectivity index (χ1) is 9.85. The molecule has 2 nitrogen and oxygen atoms in total. The molecule has 21 heavy (non-hydrogen) atoms. The van der Waals surface area contributed by atoms with Gasteiger partial charge in [-0.05, 0) is 31.0 Å². The fourth-order valence-electron chi connectivity index (χ4n) is 2.72. The van der Waals surface area contributed by atoms with Crippen LogP contribution in [0.25, 0.3) is 0 Å². The maximum atomic E-state index is 12.9. The van der Waals surface area contributed by atoms with Crippen molar-refractivity contribution in [2.45, 2.75) is 44.9 Å². The lowest BCUT2D eigenvalue weighted by Crippen LogP contribution is -2.56. The molecule has 1 aliphatic rings. The Kier molecular flexibility index (Phi) is 5.04. The molecule has 2 atom stereocenters. The van der Waals surface area contributed by atoms with Gasteiger partial charge in [0.1, 0.15) is 0 Å². The molecule has 6 heteroatoms. The van der Waals surface area contributed by atoms with Crippen LogP contribution in [0.2, 0.25) is 5.02 Å². The third-order valence-electron chi connectivity index (χ3n) is 4.01. The van der Waals surface area contributed by atoms with E-state index in [-0.39, 0.29) is 11.1 Å². The third kappa shape index (κ3) is 3.83. The highest BCUT2D eigenvalue weighted by Gasteiger charge is 2.33. The summed E-state index contributed by atoms with van der Waals surface area (Å²) in [6, 6.07) is 4.28. The van der Waals surface area contributed by atoms with Crippen LogP contribution in [0, 0.1) is 0 Å². The molecule has 0 amide bonds. The number of anilines is 1. The quantitative estimate of drug-likeness (QED) is 0.892. The number of piperazine rings is 1. The van der Waals surface area contributed by atoms with Crippen molar-refractivity contribution in [2.75, 3.05) is 18.0 Å². The van der Waals surface area contributed by atoms with Gasteiger partial charge in [0.2, 0.25) is 0 Å². The van der Waals surface area contributed by atoms with Crippen molar-refractivity contribution >= 4 is 17.3 Å². The molecule has 0 radical (unpaired) electrons. The zero-order valence-electron chi connectivity index (χ0n) is 12.2. The monoisotopic (exact) mass is 320 g/mol. The Labute approximate surface area is 128 Å². The minimum absolute atomic E-state index is 0.126. The molecule has 0 aromatic heterocycles. The van der Waals surface area contributed by atoms with E-state index in [1.54, 1.807) is 6.07 Å². The van der Waals surface area contributed by atoms with Gasteiger partial charge in [0, 0.05) is 35.9 Å². The number of hydrogen-bond donors (Lipinski definition) is 1. The fourth-order valence-corrected chi connectivity index (χ4v) is 2.95. The van der Waals surface area contributed by atoms with Gasteiger partial charge < -0.3 is 10.2 Å². The summed E-state index contributed by atoms with van der Waals surface area (Å²) >= 11 is 5.89. The van der Waals surface area contributed by atoms with Crippen molar-refractivity contribution in [1.29, 1.82) is 0 Å². The number of alkyl halides is 3. The van der Waals surface area contributed by atoms with Crippen molar-refractivity contribution < 1.29 is 13.2 Å². The van der Waals surface area contributed by atoms with Gasteiger partial charge >= 0.3 is 6.18 Å². The van der Waals surface area contributed by atoms with E-state index in [0.29, 0.717) is 18.3 Å². The second kappa shape index (κ2) is 6.44. The van der Waals surface area contributed by atoms with Gasteiger partial charge in [-0.3, -0.25) is 0 Å². The molecular formula is C15H20ClF3N2. The molecule has 1 aliphatic heterocycles. The molecule has 2 rings (SSSR count). The van der Waals surface area contributed by atoms with Gasteiger partial charge in [-0.25, -0.2) is 0 Å². The summed E-state index contributed by atoms with van der Waals surface area (Å²) in [5.41, 5.74) is -0.131. The van der Waals surface area contributed by atoms with Crippen molar-refractivity contribution in [3.8, 4) is 0 Å². The van der Waals surface area contributed by atoms with E-state index in [2.05, 4.69) is 12.2 Å². The second-order valence-corrected chi connectivity index (χ2v) is 5.86. The van der Waals surface area contributed by atoms with Crippen molar-refractivity contribution in [1.82, 2.24) is 5.32 Å². The van der Waals surface area contributed by atoms with E-state index < -0.39 is 11.7 Å². The van der Waals surface area contributed by atoms with E-state index in [0.717, 1.165) is 25.5 Å². The van der Waals surface area contributed by atoms with Crippen LogP contribution in [0.5, 0.6) is 0 Å². The van der Waals surface area contributed by atoms with Crippen LogP contribution in [-0.2, 0) is 6.18 Å². The van der Waals surface area contributed by atoms with Crippen LogP contribution in [0.3, 0.4) is 0 Å². The smallest absolute Gasteiger partial charge is 0.366 e. The molecule has 1 aromatic rings. The van der Waals surface area contributed by atoms with Crippen LogP contribution in [-0.4, -0.2) is 25.2 Å². The minimum Gasteiger partial charge on any atom is -0.366 e. The number of halogens is 4. The normalized spacial score (nSPS) is 23.4. The molecule has 1 N–H and O–H groups in total. The maximum absolute atomic E-state index is 12.9. The van der Waals surface area contributed by atoms with Crippen molar-refractivity contribution in [3.63, 3.8) is 0 Å². The van der Waals surface area contributed by atoms with Crippen LogP contribution in [0.4, 0.5) is 18.9 Å². The second-order valence-electron chi connectivity index (χ2n) is 5.42. The van der Waals surface area contributed by atoms with Gasteiger partial charge in [-0.1, -0.05) is 25.4 Å². The first-order valence-corrected chi connectivity index (χ1v) is 7.60. The molecule has 1 aromatic carbocycles. The highest BCUT2D eigenvalue weighted by atomic mass is 35.5. The summed E-state index contributed by atoms with van der Waals surface area (Å²) in [4.78, 5) is 2.05. The number of hydrogen-bond acceptors (Lipinski definition) is 2. The molecule has 1 fully saturated rings. The Morgan fingerprint density at radius 3 is 2.52 bits per heavy atom. The fraction of sp³-hybridized carbons (Fsp3) is 0.600. The first kappa shape index (κ1) is 16.4. The Balaban J connectivity index is 2.36. The largest absolute Gasteiger partial charge is 0.416 e. The van der Waals surface area contributed by atoms with Gasteiger partial charge in [-0.15, -0.1) is 0 Å². The van der Waals surface area contributed by atoms with Crippen LogP contribution >= 0.6 is 11.6 Å². The van der Waals surface area contributed by atoms with Crippen LogP contribution < -0.4 is 10.2 Å². The SMILES string of the molecule is CCC1CN(c2cc(Cl)cc(C(F)(F)F)c2)C(CC)CN1. The van der Waals surface area contributed by atoms with E-state index in [1.807, 2.05) is 11.8 Å². The Morgan fingerprint density at radius 1 is 1.24 bits per heavy atom. The average molecular weight is 321 g/mol. The van der Waals surface area contributed by atoms with Gasteiger partial charge in [0.05, 0.1) is 5.56 Å². The summed E-state index contributed by atoms with van der Waals surface area (Å²) in [6.45, 7) is 5.59. The lowest BCUT2D eigenvalue weighted by atomic mass is 10.0. The average Bonchev–Trinajstić information content (AvgIpc) is 2.45. The number of rotatable bonds is 3. The molecule has 2 unspecified atom stereocenters. The van der Waals surface area contributed by atoms with E-state index in [1.165, 1.54) is 6.07 Å². The topological polar surface area (TPSA) is 15.3 Å². The van der Waals surface area contributed by atoms with E-state index >= 15 is 0 Å². The lowest BCUT2D eigenvalue weighted by Gasteiger charge is -2.41. The Hall–Kier alpha value is -0.940. The summed E-state index contributed by atoms with van der Waals surface area (Å²) < 4.78 is 38.8. The maximum Gasteiger partial charge on any atom is 0.416 e. The number of nitrogens with one attached hydrogen (secondary N) is 1. The number of benzene rings is 1. The third-order valence-corrected chi connectivity index (χ3v) is 4.22. The number of nitrogens with zero attached hydrogens (tertiary/aromatic N) is 1. The Bertz CT molecular complexity index is 490. The van der Waals surface area contributed by atoms with Gasteiger partial charge in [-0.2, -0.15) is 13.2 Å². The van der Waals surface area contributed by atoms with Crippen LogP contribution in [0.15, 0.2) is 18.2 Å². The molecule has 118 valence electrons. The van der Waals surface area contributed by atoms with Crippen LogP contribution in [0.1, 0.15) is 32.3 Å². The predicted molar refractivity (Wildman–Crippen MR) is 80.0 cm³/mol. The summed E-state index contributed by atoms with van der Waals surface area (Å²) in [7, 11) is 0. The summed E-state index contributed by atoms with van der Waals surface area (Å²) in [6.07, 6.45) is -2.56. The molecule has 0 spiro atoms. The standard InChI is InChI=1S/C15H20ClF3N2/c1-3-12-9-21(13(4-2)8-20-12)14-6-10(15(17,18)19)5-11(16)7-14/h5-7,12-13,20H,3-4,8-9H2,1-2H3. The zero-order chi connectivity index (χ0) is 15.6. The lowest BCUT2D eigenvalue weighted by molar-refractivity contribution is -0.137. The molecule has 0 bridgehead atoms. The molecule has 1 heterocycles. The molecule has 1 saturated heterocycles. The van der Waals surface area contributed by atoms with E-state index in [9.17, 15) is 13.2 Å². The van der Waals surface area contributed by atoms with Crippen molar-refractivity contribution in [3.05, 3.63) is 28.8 Å². The molecule has 0 aliphatic carbocycles. The van der Waals surface area contributed by atoms with Crippen molar-refractivity contribution in [2.24, 2.45) is 0 Å². The van der Waals surface area contributed by atoms with Gasteiger partial charge in [0.15, 0.2) is 0 Å². The minimum atomic E-state index is -4.38. The summed E-state index contributed by atoms with van der Waals surface area (Å²) in [5.74, 6) is 0. The zero-order valence-corrected chi connectivity index (χ0v) is 12.9. The van der Waals surface area contributed by atoms with E-state index in [4.69, 9.17) is 11.6 Å².